The summed E-state index contributed by atoms with van der Waals surface area (Å²) >= 11 is 0. The highest BCUT2D eigenvalue weighted by Crippen LogP contribution is 2.55. The largest absolute Gasteiger partial charge is 0.480 e. The van der Waals surface area contributed by atoms with Crippen molar-refractivity contribution in [1.29, 1.82) is 0 Å². The van der Waals surface area contributed by atoms with E-state index >= 15 is 0 Å². The average Bonchev–Trinajstić information content (AvgIpc) is 2.69. The summed E-state index contributed by atoms with van der Waals surface area (Å²) in [5.74, 6) is -1.09. The fourth-order valence-corrected chi connectivity index (χ4v) is 2.73. The number of likely N-dealkylation sites (tertiary alicyclic amines) is 1. The number of aliphatic carboxylic acids is 1. The van der Waals surface area contributed by atoms with Gasteiger partial charge in [0.15, 0.2) is 0 Å². The van der Waals surface area contributed by atoms with E-state index in [0.717, 1.165) is 0 Å². The first-order chi connectivity index (χ1) is 7.07. The molecule has 5 nitrogen and oxygen atoms in total. The monoisotopic (exact) mass is 213 g/mol. The van der Waals surface area contributed by atoms with Crippen molar-refractivity contribution in [1.82, 2.24) is 4.90 Å². The Morgan fingerprint density at radius 3 is 2.73 bits per heavy atom. The lowest BCUT2D eigenvalue weighted by Gasteiger charge is -2.20. The summed E-state index contributed by atoms with van der Waals surface area (Å²) in [5.41, 5.74) is 0. The number of hydrogen-bond acceptors (Lipinski definition) is 4. The van der Waals surface area contributed by atoms with Gasteiger partial charge in [0.2, 0.25) is 0 Å². The van der Waals surface area contributed by atoms with Crippen molar-refractivity contribution in [2.45, 2.75) is 13.0 Å². The minimum absolute atomic E-state index is 0.0356. The van der Waals surface area contributed by atoms with E-state index in [4.69, 9.17) is 9.84 Å². The van der Waals surface area contributed by atoms with Crippen molar-refractivity contribution in [3.05, 3.63) is 0 Å². The lowest BCUT2D eigenvalue weighted by Crippen LogP contribution is -2.38. The molecular weight excluding hydrogens is 198 g/mol. The second kappa shape index (κ2) is 3.48. The maximum absolute atomic E-state index is 11.5. The topological polar surface area (TPSA) is 66.8 Å². The van der Waals surface area contributed by atoms with Crippen LogP contribution in [0.25, 0.3) is 0 Å². The van der Waals surface area contributed by atoms with Crippen LogP contribution in [0.15, 0.2) is 0 Å². The van der Waals surface area contributed by atoms with E-state index in [9.17, 15) is 9.59 Å². The molecule has 1 aliphatic carbocycles. The van der Waals surface area contributed by atoms with Crippen LogP contribution in [0.1, 0.15) is 6.92 Å². The van der Waals surface area contributed by atoms with Gasteiger partial charge in [-0.1, -0.05) is 0 Å². The van der Waals surface area contributed by atoms with Crippen LogP contribution in [0.5, 0.6) is 0 Å². The Balaban J connectivity index is 2.02. The number of likely N-dealkylation sites (N-methyl/N-ethyl adjacent to an activating group) is 1. The molecule has 2 rings (SSSR count). The molecule has 0 bridgehead atoms. The molecule has 0 radical (unpaired) electrons. The molecule has 84 valence electrons. The lowest BCUT2D eigenvalue weighted by molar-refractivity contribution is -0.147. The Morgan fingerprint density at radius 2 is 2.20 bits per heavy atom. The minimum Gasteiger partial charge on any atom is -0.480 e. The van der Waals surface area contributed by atoms with Gasteiger partial charge in [-0.2, -0.15) is 0 Å². The Labute approximate surface area is 88.0 Å². The normalized spacial score (nSPS) is 38.5. The van der Waals surface area contributed by atoms with Gasteiger partial charge < -0.3 is 9.84 Å². The lowest BCUT2D eigenvalue weighted by atomic mass is 10.1. The van der Waals surface area contributed by atoms with Gasteiger partial charge in [0, 0.05) is 12.5 Å². The van der Waals surface area contributed by atoms with Crippen LogP contribution < -0.4 is 0 Å². The molecule has 0 amide bonds. The number of fused-ring (bicyclic) bond motifs is 1. The van der Waals surface area contributed by atoms with Gasteiger partial charge in [0.05, 0.1) is 12.5 Å². The maximum Gasteiger partial charge on any atom is 0.321 e. The quantitative estimate of drug-likeness (QED) is 0.658. The molecule has 1 heterocycles. The third-order valence-electron chi connectivity index (χ3n) is 3.38. The third-order valence-corrected chi connectivity index (χ3v) is 3.38. The summed E-state index contributed by atoms with van der Waals surface area (Å²) in [6, 6.07) is -0.510. The van der Waals surface area contributed by atoms with Gasteiger partial charge in [-0.3, -0.25) is 14.5 Å². The van der Waals surface area contributed by atoms with Crippen molar-refractivity contribution in [2.24, 2.45) is 17.8 Å². The fourth-order valence-electron chi connectivity index (χ4n) is 2.73. The van der Waals surface area contributed by atoms with E-state index in [0.29, 0.717) is 13.2 Å². The zero-order chi connectivity index (χ0) is 11.2. The van der Waals surface area contributed by atoms with Crippen molar-refractivity contribution in [3.63, 3.8) is 0 Å². The third kappa shape index (κ3) is 1.51. The minimum atomic E-state index is -0.836. The molecule has 1 N–H and O–H groups in total. The van der Waals surface area contributed by atoms with Crippen LogP contribution in [-0.4, -0.2) is 48.2 Å². The van der Waals surface area contributed by atoms with Crippen LogP contribution >= 0.6 is 0 Å². The highest BCUT2D eigenvalue weighted by molar-refractivity contribution is 5.82. The number of carbonyl (C=O) groups excluding carboxylic acids is 1. The summed E-state index contributed by atoms with van der Waals surface area (Å²) in [5, 5.41) is 9.02. The Kier molecular flexibility index (Phi) is 2.42. The van der Waals surface area contributed by atoms with Crippen LogP contribution in [0.2, 0.25) is 0 Å². The molecule has 15 heavy (non-hydrogen) atoms. The summed E-state index contributed by atoms with van der Waals surface area (Å²) in [7, 11) is 1.78. The molecule has 2 fully saturated rings. The number of carbonyl (C=O) groups is 2. The highest BCUT2D eigenvalue weighted by Gasteiger charge is 2.66. The summed E-state index contributed by atoms with van der Waals surface area (Å²) in [6.07, 6.45) is 0. The molecule has 0 aromatic carbocycles. The van der Waals surface area contributed by atoms with E-state index in [1.165, 1.54) is 0 Å². The average molecular weight is 213 g/mol. The Morgan fingerprint density at radius 1 is 1.53 bits per heavy atom. The predicted octanol–water partition coefficient (Wildman–Crippen LogP) is -0.190. The Hall–Kier alpha value is -1.10. The number of rotatable bonds is 3. The molecule has 1 aliphatic heterocycles. The first kappa shape index (κ1) is 10.4. The summed E-state index contributed by atoms with van der Waals surface area (Å²) in [4.78, 5) is 24.2. The predicted molar refractivity (Wildman–Crippen MR) is 51.2 cm³/mol. The van der Waals surface area contributed by atoms with E-state index in [1.807, 2.05) is 0 Å². The second-order valence-corrected chi connectivity index (χ2v) is 4.24. The molecule has 0 spiro atoms. The van der Waals surface area contributed by atoms with Gasteiger partial charge in [0.1, 0.15) is 6.04 Å². The maximum atomic E-state index is 11.5. The van der Waals surface area contributed by atoms with Gasteiger partial charge in [0.25, 0.3) is 0 Å². The number of carboxylic acid groups (broad SMARTS) is 1. The van der Waals surface area contributed by atoms with Crippen LogP contribution in [0.3, 0.4) is 0 Å². The van der Waals surface area contributed by atoms with Gasteiger partial charge in [-0.15, -0.1) is 0 Å². The van der Waals surface area contributed by atoms with E-state index in [-0.39, 0.29) is 23.7 Å². The molecule has 4 atom stereocenters. The number of nitrogens with zero attached hydrogens (tertiary/aromatic N) is 1. The first-order valence-corrected chi connectivity index (χ1v) is 5.17. The SMILES string of the molecule is CCOC(=O)[C@@H]1C2CN(C)[C@H](C(=O)O)[C@H]21. The Bertz CT molecular complexity index is 304. The smallest absolute Gasteiger partial charge is 0.321 e. The van der Waals surface area contributed by atoms with Gasteiger partial charge in [-0.25, -0.2) is 0 Å². The zero-order valence-electron chi connectivity index (χ0n) is 8.84. The molecule has 5 heteroatoms. The van der Waals surface area contributed by atoms with Gasteiger partial charge in [-0.05, 0) is 19.9 Å². The zero-order valence-corrected chi connectivity index (χ0v) is 8.84. The van der Waals surface area contributed by atoms with Crippen LogP contribution in [0, 0.1) is 17.8 Å². The van der Waals surface area contributed by atoms with Crippen molar-refractivity contribution < 1.29 is 19.4 Å². The summed E-state index contributed by atoms with van der Waals surface area (Å²) in [6.45, 7) is 2.81. The molecule has 1 saturated carbocycles. The number of carboxylic acids is 1. The van der Waals surface area contributed by atoms with E-state index in [1.54, 1.807) is 18.9 Å². The van der Waals surface area contributed by atoms with E-state index < -0.39 is 12.0 Å². The number of esters is 1. The van der Waals surface area contributed by atoms with E-state index in [2.05, 4.69) is 0 Å². The molecular formula is C10H15NO4. The summed E-state index contributed by atoms with van der Waals surface area (Å²) < 4.78 is 4.92. The molecule has 2 aliphatic rings. The number of ether oxygens (including phenoxy) is 1. The molecule has 0 aromatic heterocycles. The van der Waals surface area contributed by atoms with Crippen molar-refractivity contribution >= 4 is 11.9 Å². The highest BCUT2D eigenvalue weighted by atomic mass is 16.5. The molecule has 0 aromatic rings. The standard InChI is InChI=1S/C10H15NO4/c1-3-15-10(14)7-5-4-11(2)8(6(5)7)9(12)13/h5-8H,3-4H2,1-2H3,(H,12,13)/t5?,6-,7-,8+/m1/s1. The number of hydrogen-bond donors (Lipinski definition) is 1. The molecule has 1 unspecified atom stereocenters. The van der Waals surface area contributed by atoms with Crippen molar-refractivity contribution in [2.75, 3.05) is 20.2 Å². The van der Waals surface area contributed by atoms with Crippen molar-refractivity contribution in [3.8, 4) is 0 Å². The second-order valence-electron chi connectivity index (χ2n) is 4.24. The van der Waals surface area contributed by atoms with Gasteiger partial charge >= 0.3 is 11.9 Å². The first-order valence-electron chi connectivity index (χ1n) is 5.17. The van der Waals surface area contributed by atoms with Crippen LogP contribution in [0.4, 0.5) is 0 Å². The fraction of sp³-hybridized carbons (Fsp3) is 0.800. The number of piperidine rings is 1. The molecule has 1 saturated heterocycles. The van der Waals surface area contributed by atoms with Crippen LogP contribution in [-0.2, 0) is 14.3 Å².